The van der Waals surface area contributed by atoms with Crippen LogP contribution in [0.3, 0.4) is 0 Å². The van der Waals surface area contributed by atoms with E-state index in [4.69, 9.17) is 4.74 Å². The maximum Gasteiger partial charge on any atom is 0.342 e. The summed E-state index contributed by atoms with van der Waals surface area (Å²) in [6, 6.07) is 0. The molecule has 0 aromatic heterocycles. The van der Waals surface area contributed by atoms with Crippen LogP contribution in [0.25, 0.3) is 0 Å². The summed E-state index contributed by atoms with van der Waals surface area (Å²) >= 11 is 0. The Morgan fingerprint density at radius 2 is 2.19 bits per heavy atom. The lowest BCUT2D eigenvalue weighted by molar-refractivity contribution is -0.139. The van der Waals surface area contributed by atoms with E-state index < -0.39 is 5.97 Å². The maximum atomic E-state index is 11.7. The number of allylic oxidation sites excluding steroid dienone is 7. The van der Waals surface area contributed by atoms with Gasteiger partial charge in [0.05, 0.1) is 6.61 Å². The highest BCUT2D eigenvalue weighted by Gasteiger charge is 2.31. The summed E-state index contributed by atoms with van der Waals surface area (Å²) in [6.07, 6.45) is 9.48. The Morgan fingerprint density at radius 3 is 2.94 bits per heavy atom. The van der Waals surface area contributed by atoms with Gasteiger partial charge in [0, 0.05) is 6.42 Å². The van der Waals surface area contributed by atoms with Crippen LogP contribution in [0.1, 0.15) is 13.3 Å². The second kappa shape index (κ2) is 4.31. The monoisotopic (exact) mass is 216 g/mol. The second-order valence-electron chi connectivity index (χ2n) is 3.55. The number of carbonyl (C=O) groups is 2. The number of esters is 1. The van der Waals surface area contributed by atoms with Crippen LogP contribution < -0.4 is 0 Å². The van der Waals surface area contributed by atoms with Gasteiger partial charge in [0.15, 0.2) is 5.78 Å². The largest absolute Gasteiger partial charge is 0.462 e. The van der Waals surface area contributed by atoms with Crippen molar-refractivity contribution in [2.75, 3.05) is 6.61 Å². The van der Waals surface area contributed by atoms with Crippen molar-refractivity contribution in [3.63, 3.8) is 0 Å². The third kappa shape index (κ3) is 1.76. The fourth-order valence-corrected chi connectivity index (χ4v) is 1.82. The van der Waals surface area contributed by atoms with Crippen LogP contribution in [-0.2, 0) is 14.3 Å². The Labute approximate surface area is 93.8 Å². The van der Waals surface area contributed by atoms with Crippen molar-refractivity contribution < 1.29 is 14.3 Å². The topological polar surface area (TPSA) is 43.4 Å². The summed E-state index contributed by atoms with van der Waals surface area (Å²) in [5, 5.41) is 0. The van der Waals surface area contributed by atoms with Gasteiger partial charge in [-0.05, 0) is 18.1 Å². The molecule has 0 spiro atoms. The molecule has 2 aliphatic carbocycles. The van der Waals surface area contributed by atoms with Gasteiger partial charge >= 0.3 is 5.97 Å². The lowest BCUT2D eigenvalue weighted by atomic mass is 10.1. The fraction of sp³-hybridized carbons (Fsp3) is 0.231. The molecular weight excluding hydrogens is 204 g/mol. The van der Waals surface area contributed by atoms with E-state index in [-0.39, 0.29) is 24.4 Å². The van der Waals surface area contributed by atoms with E-state index in [1.54, 1.807) is 13.0 Å². The molecule has 2 rings (SSSR count). The van der Waals surface area contributed by atoms with Crippen molar-refractivity contribution in [2.24, 2.45) is 0 Å². The molecular formula is C13H12O3. The van der Waals surface area contributed by atoms with Crippen LogP contribution in [-0.4, -0.2) is 18.4 Å². The molecule has 3 nitrogen and oxygen atoms in total. The molecule has 0 fully saturated rings. The van der Waals surface area contributed by atoms with Gasteiger partial charge in [-0.2, -0.15) is 0 Å². The molecule has 0 bridgehead atoms. The highest BCUT2D eigenvalue weighted by molar-refractivity contribution is 6.22. The number of hydrogen-bond donors (Lipinski definition) is 0. The standard InChI is InChI=1S/C13H12O3/c1-2-16-13(15)12-10-7-5-3-4-6-9(10)8-11(12)14/h3-7H,2,8H2,1H3. The van der Waals surface area contributed by atoms with E-state index in [0.29, 0.717) is 5.57 Å². The first-order chi connectivity index (χ1) is 7.74. The third-order valence-electron chi connectivity index (χ3n) is 2.51. The van der Waals surface area contributed by atoms with Gasteiger partial charge in [0.2, 0.25) is 0 Å². The van der Waals surface area contributed by atoms with Crippen LogP contribution in [0.5, 0.6) is 0 Å². The Hall–Kier alpha value is -1.90. The predicted octanol–water partition coefficient (Wildman–Crippen LogP) is 1.87. The predicted molar refractivity (Wildman–Crippen MR) is 59.6 cm³/mol. The molecule has 3 heteroatoms. The molecule has 0 saturated heterocycles. The molecule has 0 amide bonds. The van der Waals surface area contributed by atoms with Gasteiger partial charge in [0.1, 0.15) is 5.57 Å². The number of ether oxygens (including phenoxy) is 1. The summed E-state index contributed by atoms with van der Waals surface area (Å²) in [5.41, 5.74) is 1.78. The highest BCUT2D eigenvalue weighted by Crippen LogP contribution is 2.31. The number of rotatable bonds is 2. The number of Topliss-reactive ketones (excluding diaryl/α,β-unsaturated/α-hetero) is 1. The molecule has 2 aliphatic rings. The van der Waals surface area contributed by atoms with Crippen molar-refractivity contribution in [1.29, 1.82) is 0 Å². The second-order valence-corrected chi connectivity index (χ2v) is 3.55. The van der Waals surface area contributed by atoms with Gasteiger partial charge in [-0.15, -0.1) is 0 Å². The van der Waals surface area contributed by atoms with Crippen molar-refractivity contribution in [1.82, 2.24) is 0 Å². The van der Waals surface area contributed by atoms with Crippen LogP contribution >= 0.6 is 0 Å². The molecule has 16 heavy (non-hydrogen) atoms. The number of ketones is 1. The molecule has 0 atom stereocenters. The Balaban J connectivity index is 2.44. The quantitative estimate of drug-likeness (QED) is 0.522. The lowest BCUT2D eigenvalue weighted by Gasteiger charge is -2.02. The molecule has 0 aromatic rings. The normalized spacial score (nSPS) is 18.3. The first-order valence-corrected chi connectivity index (χ1v) is 5.23. The average molecular weight is 216 g/mol. The fourth-order valence-electron chi connectivity index (χ4n) is 1.82. The first-order valence-electron chi connectivity index (χ1n) is 5.23. The lowest BCUT2D eigenvalue weighted by Crippen LogP contribution is -2.13. The van der Waals surface area contributed by atoms with Crippen molar-refractivity contribution in [2.45, 2.75) is 13.3 Å². The molecule has 0 N–H and O–H groups in total. The minimum atomic E-state index is -0.516. The number of hydrogen-bond acceptors (Lipinski definition) is 3. The molecule has 0 aromatic carbocycles. The smallest absolute Gasteiger partial charge is 0.342 e. The SMILES string of the molecule is CCOC(=O)C1=C2C=CC=CC=C2CC1=O. The van der Waals surface area contributed by atoms with Gasteiger partial charge in [-0.3, -0.25) is 4.79 Å². The average Bonchev–Trinajstić information content (AvgIpc) is 2.43. The van der Waals surface area contributed by atoms with E-state index in [1.165, 1.54) is 0 Å². The molecule has 0 aliphatic heterocycles. The van der Waals surface area contributed by atoms with E-state index in [9.17, 15) is 9.59 Å². The van der Waals surface area contributed by atoms with Crippen molar-refractivity contribution in [3.05, 3.63) is 47.1 Å². The number of carbonyl (C=O) groups excluding carboxylic acids is 2. The van der Waals surface area contributed by atoms with Crippen molar-refractivity contribution >= 4 is 11.8 Å². The Bertz CT molecular complexity index is 462. The Kier molecular flexibility index (Phi) is 2.86. The van der Waals surface area contributed by atoms with Crippen LogP contribution in [0.15, 0.2) is 47.1 Å². The van der Waals surface area contributed by atoms with E-state index in [1.807, 2.05) is 24.3 Å². The van der Waals surface area contributed by atoms with E-state index >= 15 is 0 Å². The summed E-state index contributed by atoms with van der Waals surface area (Å²) < 4.78 is 4.89. The molecule has 0 unspecified atom stereocenters. The minimum Gasteiger partial charge on any atom is -0.462 e. The third-order valence-corrected chi connectivity index (χ3v) is 2.51. The number of fused-ring (bicyclic) bond motifs is 1. The molecule has 0 saturated carbocycles. The van der Waals surface area contributed by atoms with E-state index in [0.717, 1.165) is 5.57 Å². The summed E-state index contributed by atoms with van der Waals surface area (Å²) in [7, 11) is 0. The highest BCUT2D eigenvalue weighted by atomic mass is 16.5. The zero-order valence-electron chi connectivity index (χ0n) is 9.03. The van der Waals surface area contributed by atoms with E-state index in [2.05, 4.69) is 0 Å². The molecule has 82 valence electrons. The van der Waals surface area contributed by atoms with Gasteiger partial charge < -0.3 is 4.74 Å². The molecule has 0 radical (unpaired) electrons. The zero-order valence-corrected chi connectivity index (χ0v) is 9.03. The van der Waals surface area contributed by atoms with Crippen LogP contribution in [0.4, 0.5) is 0 Å². The summed E-state index contributed by atoms with van der Waals surface area (Å²) in [6.45, 7) is 2.01. The molecule has 0 heterocycles. The summed E-state index contributed by atoms with van der Waals surface area (Å²) in [5.74, 6) is -0.669. The van der Waals surface area contributed by atoms with Crippen LogP contribution in [0.2, 0.25) is 0 Å². The maximum absolute atomic E-state index is 11.7. The minimum absolute atomic E-state index is 0.153. The zero-order chi connectivity index (χ0) is 11.5. The first kappa shape index (κ1) is 10.6. The summed E-state index contributed by atoms with van der Waals surface area (Å²) in [4.78, 5) is 23.4. The Morgan fingerprint density at radius 1 is 1.38 bits per heavy atom. The van der Waals surface area contributed by atoms with Crippen molar-refractivity contribution in [3.8, 4) is 0 Å². The van der Waals surface area contributed by atoms with Crippen LogP contribution in [0, 0.1) is 0 Å². The van der Waals surface area contributed by atoms with Gasteiger partial charge in [-0.1, -0.05) is 30.4 Å². The van der Waals surface area contributed by atoms with Gasteiger partial charge in [-0.25, -0.2) is 4.79 Å². The van der Waals surface area contributed by atoms with Gasteiger partial charge in [0.25, 0.3) is 0 Å².